The maximum absolute atomic E-state index is 13.7. The summed E-state index contributed by atoms with van der Waals surface area (Å²) >= 11 is 0. The fraction of sp³-hybridized carbons (Fsp3) is 0.444. The maximum Gasteiger partial charge on any atom is 0.317 e. The second-order valence-electron chi connectivity index (χ2n) is 9.27. The molecule has 2 aliphatic rings. The maximum atomic E-state index is 13.7. The summed E-state index contributed by atoms with van der Waals surface area (Å²) in [7, 11) is 0. The van der Waals surface area contributed by atoms with E-state index in [1.807, 2.05) is 60.7 Å². The topological polar surface area (TPSA) is 85.0 Å². The van der Waals surface area contributed by atoms with Gasteiger partial charge in [-0.15, -0.1) is 0 Å². The monoisotopic (exact) mass is 477 g/mol. The van der Waals surface area contributed by atoms with Crippen LogP contribution >= 0.6 is 0 Å². The average Bonchev–Trinajstić information content (AvgIpc) is 3.15. The van der Waals surface area contributed by atoms with E-state index in [0.29, 0.717) is 45.7 Å². The first-order valence-electron chi connectivity index (χ1n) is 12.5. The summed E-state index contributed by atoms with van der Waals surface area (Å²) in [6.07, 6.45) is 2.96. The van der Waals surface area contributed by atoms with Gasteiger partial charge in [0.15, 0.2) is 0 Å². The molecule has 1 spiro atoms. The van der Waals surface area contributed by atoms with Crippen molar-refractivity contribution in [1.82, 2.24) is 20.4 Å². The summed E-state index contributed by atoms with van der Waals surface area (Å²) in [5, 5.41) is 5.90. The molecule has 8 heteroatoms. The second-order valence-corrected chi connectivity index (χ2v) is 9.27. The van der Waals surface area contributed by atoms with Gasteiger partial charge in [0.25, 0.3) is 5.91 Å². The van der Waals surface area contributed by atoms with Gasteiger partial charge in [0, 0.05) is 31.9 Å². The Labute approximate surface area is 207 Å². The molecule has 0 aromatic heterocycles. The molecule has 2 aromatic rings. The van der Waals surface area contributed by atoms with Crippen molar-refractivity contribution in [2.75, 3.05) is 37.7 Å². The minimum atomic E-state index is -0.749. The zero-order valence-corrected chi connectivity index (χ0v) is 20.4. The molecule has 0 saturated carbocycles. The van der Waals surface area contributed by atoms with Crippen molar-refractivity contribution in [1.29, 1.82) is 0 Å². The van der Waals surface area contributed by atoms with E-state index in [0.717, 1.165) is 24.1 Å². The Hall–Kier alpha value is -3.55. The number of anilines is 1. The summed E-state index contributed by atoms with van der Waals surface area (Å²) in [6.45, 7) is 4.54. The van der Waals surface area contributed by atoms with Crippen molar-refractivity contribution in [3.05, 3.63) is 66.2 Å². The summed E-state index contributed by atoms with van der Waals surface area (Å²) < 4.78 is 0. The Morgan fingerprint density at radius 2 is 1.60 bits per heavy atom. The average molecular weight is 478 g/mol. The van der Waals surface area contributed by atoms with Crippen LogP contribution in [-0.4, -0.2) is 66.0 Å². The van der Waals surface area contributed by atoms with Crippen LogP contribution in [0.2, 0.25) is 0 Å². The quantitative estimate of drug-likeness (QED) is 0.573. The highest BCUT2D eigenvalue weighted by Gasteiger charge is 2.54. The van der Waals surface area contributed by atoms with E-state index in [2.05, 4.69) is 22.5 Å². The van der Waals surface area contributed by atoms with Crippen molar-refractivity contribution in [3.63, 3.8) is 0 Å². The van der Waals surface area contributed by atoms with Gasteiger partial charge in [-0.3, -0.25) is 9.59 Å². The van der Waals surface area contributed by atoms with E-state index < -0.39 is 5.54 Å². The Bertz CT molecular complexity index is 1010. The molecule has 2 fully saturated rings. The molecule has 4 amide bonds. The van der Waals surface area contributed by atoms with Crippen LogP contribution in [0.15, 0.2) is 60.7 Å². The van der Waals surface area contributed by atoms with Crippen LogP contribution < -0.4 is 15.5 Å². The van der Waals surface area contributed by atoms with E-state index >= 15 is 0 Å². The normalized spacial score (nSPS) is 17.1. The number of nitrogens with one attached hydrogen (secondary N) is 2. The number of carbonyl (C=O) groups is 3. The second kappa shape index (κ2) is 11.3. The van der Waals surface area contributed by atoms with Crippen LogP contribution in [0, 0.1) is 0 Å². The third kappa shape index (κ3) is 5.58. The van der Waals surface area contributed by atoms with Crippen molar-refractivity contribution in [3.8, 4) is 0 Å². The van der Waals surface area contributed by atoms with Gasteiger partial charge in [0.1, 0.15) is 12.1 Å². The van der Waals surface area contributed by atoms with Crippen LogP contribution in [0.25, 0.3) is 0 Å². The highest BCUT2D eigenvalue weighted by atomic mass is 16.2. The molecular formula is C27H35N5O3. The summed E-state index contributed by atoms with van der Waals surface area (Å²) in [5.74, 6) is -0.161. The third-order valence-corrected chi connectivity index (χ3v) is 6.93. The molecule has 0 atom stereocenters. The number of urea groups is 1. The molecule has 0 unspecified atom stereocenters. The Kier molecular flexibility index (Phi) is 7.90. The number of amides is 4. The predicted octanol–water partition coefficient (Wildman–Crippen LogP) is 2.95. The van der Waals surface area contributed by atoms with E-state index in [1.165, 1.54) is 0 Å². The fourth-order valence-corrected chi connectivity index (χ4v) is 4.92. The Balaban J connectivity index is 1.43. The lowest BCUT2D eigenvalue weighted by molar-refractivity contribution is -0.137. The lowest BCUT2D eigenvalue weighted by Crippen LogP contribution is -2.58. The van der Waals surface area contributed by atoms with Crippen LogP contribution in [-0.2, 0) is 16.1 Å². The summed E-state index contributed by atoms with van der Waals surface area (Å²) in [6, 6.07) is 19.6. The molecule has 2 aliphatic heterocycles. The van der Waals surface area contributed by atoms with Gasteiger partial charge < -0.3 is 25.3 Å². The van der Waals surface area contributed by atoms with Crippen molar-refractivity contribution < 1.29 is 14.4 Å². The minimum Gasteiger partial charge on any atom is -0.355 e. The van der Waals surface area contributed by atoms with E-state index in [1.54, 1.807) is 9.80 Å². The number of hydrogen-bond acceptors (Lipinski definition) is 4. The number of hydrogen-bond donors (Lipinski definition) is 2. The lowest BCUT2D eigenvalue weighted by atomic mass is 9.85. The van der Waals surface area contributed by atoms with Crippen LogP contribution in [0.3, 0.4) is 0 Å². The van der Waals surface area contributed by atoms with Gasteiger partial charge in [-0.05, 0) is 37.0 Å². The van der Waals surface area contributed by atoms with Crippen LogP contribution in [0.1, 0.15) is 38.2 Å². The predicted molar refractivity (Wildman–Crippen MR) is 136 cm³/mol. The standard InChI is InChI=1S/C27H35N5O3/c1-2-3-16-28-24(33)20-31-21-32(23-12-8-5-9-13-23)27(25(31)34)14-17-30(18-15-27)26(35)29-19-22-10-6-4-7-11-22/h4-13H,2-3,14-21H2,1H3,(H,28,33)(H,29,35). The Morgan fingerprint density at radius 3 is 2.26 bits per heavy atom. The molecule has 8 nitrogen and oxygen atoms in total. The van der Waals surface area contributed by atoms with E-state index in [4.69, 9.17) is 0 Å². The number of para-hydroxylation sites is 1. The van der Waals surface area contributed by atoms with Crippen molar-refractivity contribution >= 4 is 23.5 Å². The largest absolute Gasteiger partial charge is 0.355 e. The third-order valence-electron chi connectivity index (χ3n) is 6.93. The SMILES string of the molecule is CCCCNC(=O)CN1CN(c2ccccc2)C2(CCN(C(=O)NCc3ccccc3)CC2)C1=O. The molecule has 186 valence electrons. The van der Waals surface area contributed by atoms with Gasteiger partial charge in [-0.1, -0.05) is 61.9 Å². The van der Waals surface area contributed by atoms with Gasteiger partial charge in [-0.25, -0.2) is 4.79 Å². The number of carbonyl (C=O) groups excluding carboxylic acids is 3. The van der Waals surface area contributed by atoms with Gasteiger partial charge in [-0.2, -0.15) is 0 Å². The van der Waals surface area contributed by atoms with E-state index in [-0.39, 0.29) is 24.4 Å². The molecule has 0 radical (unpaired) electrons. The van der Waals surface area contributed by atoms with Gasteiger partial charge >= 0.3 is 6.03 Å². The number of benzene rings is 2. The molecule has 2 aromatic carbocycles. The first-order chi connectivity index (χ1) is 17.0. The molecule has 2 N–H and O–H groups in total. The van der Waals surface area contributed by atoms with Crippen molar-refractivity contribution in [2.45, 2.75) is 44.7 Å². The molecular weight excluding hydrogens is 442 g/mol. The lowest BCUT2D eigenvalue weighted by Gasteiger charge is -2.43. The number of likely N-dealkylation sites (tertiary alicyclic amines) is 1. The molecule has 0 aliphatic carbocycles. The summed E-state index contributed by atoms with van der Waals surface area (Å²) in [5.41, 5.74) is 1.25. The van der Waals surface area contributed by atoms with Gasteiger partial charge in [0.05, 0.1) is 6.67 Å². The first-order valence-corrected chi connectivity index (χ1v) is 12.5. The number of piperidine rings is 1. The van der Waals surface area contributed by atoms with Crippen LogP contribution in [0.4, 0.5) is 10.5 Å². The number of rotatable bonds is 8. The van der Waals surface area contributed by atoms with Crippen molar-refractivity contribution in [2.24, 2.45) is 0 Å². The summed E-state index contributed by atoms with van der Waals surface area (Å²) in [4.78, 5) is 44.5. The molecule has 4 rings (SSSR count). The first kappa shape index (κ1) is 24.6. The van der Waals surface area contributed by atoms with E-state index in [9.17, 15) is 14.4 Å². The Morgan fingerprint density at radius 1 is 0.943 bits per heavy atom. The minimum absolute atomic E-state index is 0.0312. The number of nitrogens with zero attached hydrogens (tertiary/aromatic N) is 3. The smallest absolute Gasteiger partial charge is 0.317 e. The fourth-order valence-electron chi connectivity index (χ4n) is 4.92. The zero-order valence-electron chi connectivity index (χ0n) is 20.4. The zero-order chi connectivity index (χ0) is 24.7. The van der Waals surface area contributed by atoms with Gasteiger partial charge in [0.2, 0.25) is 5.91 Å². The molecule has 35 heavy (non-hydrogen) atoms. The molecule has 2 heterocycles. The molecule has 2 saturated heterocycles. The number of unbranched alkanes of at least 4 members (excludes halogenated alkanes) is 1. The van der Waals surface area contributed by atoms with Crippen LogP contribution in [0.5, 0.6) is 0 Å². The highest BCUT2D eigenvalue weighted by Crippen LogP contribution is 2.39. The molecule has 0 bridgehead atoms. The highest BCUT2D eigenvalue weighted by molar-refractivity contribution is 5.96.